The van der Waals surface area contributed by atoms with Crippen LogP contribution in [0.15, 0.2) is 11.8 Å². The number of carbonyl (C=O) groups excluding carboxylic acids is 2. The molecule has 0 rings (SSSR count). The summed E-state index contributed by atoms with van der Waals surface area (Å²) in [5, 5.41) is 2.25. The molecule has 0 atom stereocenters. The van der Waals surface area contributed by atoms with Crippen LogP contribution in [-0.4, -0.2) is 23.8 Å². The van der Waals surface area contributed by atoms with Crippen molar-refractivity contribution in [2.45, 2.75) is 18.2 Å². The topological polar surface area (TPSA) is 55.4 Å². The van der Waals surface area contributed by atoms with Crippen molar-refractivity contribution in [3.63, 3.8) is 0 Å². The van der Waals surface area contributed by atoms with E-state index in [0.29, 0.717) is 6.42 Å². The Balaban J connectivity index is 4.47. The molecule has 0 saturated heterocycles. The van der Waals surface area contributed by atoms with Crippen LogP contribution >= 0.6 is 23.2 Å². The summed E-state index contributed by atoms with van der Waals surface area (Å²) in [6, 6.07) is 0. The molecule has 0 radical (unpaired) electrons. The number of nitrogens with one attached hydrogen (secondary N) is 1. The number of methoxy groups -OCH3 is 1. The van der Waals surface area contributed by atoms with Crippen LogP contribution in [0, 0.1) is 0 Å². The Hall–Kier alpha value is -0.740. The van der Waals surface area contributed by atoms with Crippen LogP contribution < -0.4 is 5.32 Å². The lowest BCUT2D eigenvalue weighted by molar-refractivity contribution is -0.137. The fourth-order valence-corrected chi connectivity index (χ4v) is 0.796. The molecule has 1 amide bonds. The van der Waals surface area contributed by atoms with E-state index < -0.39 is 16.7 Å². The molecule has 0 heterocycles. The van der Waals surface area contributed by atoms with Gasteiger partial charge in [-0.3, -0.25) is 4.79 Å². The lowest BCUT2D eigenvalue weighted by Gasteiger charge is -2.07. The molecule has 0 aliphatic carbocycles. The van der Waals surface area contributed by atoms with Crippen molar-refractivity contribution < 1.29 is 14.3 Å². The summed E-state index contributed by atoms with van der Waals surface area (Å²) in [6.45, 7) is 1.81. The molecule has 0 saturated carbocycles. The fraction of sp³-hybridized carbons (Fsp3) is 0.500. The lowest BCUT2D eigenvalue weighted by atomic mass is 10.3. The molecule has 0 aromatic heterocycles. The number of alkyl halides is 2. The smallest absolute Gasteiger partial charge is 0.354 e. The van der Waals surface area contributed by atoms with Gasteiger partial charge in [-0.15, -0.1) is 0 Å². The zero-order valence-electron chi connectivity index (χ0n) is 7.84. The Kier molecular flexibility index (Phi) is 6.32. The van der Waals surface area contributed by atoms with Gasteiger partial charge >= 0.3 is 5.97 Å². The predicted molar refractivity (Wildman–Crippen MR) is 54.0 cm³/mol. The molecule has 0 aromatic rings. The fourth-order valence-electron chi connectivity index (χ4n) is 0.687. The van der Waals surface area contributed by atoms with Crippen LogP contribution in [0.3, 0.4) is 0 Å². The summed E-state index contributed by atoms with van der Waals surface area (Å²) < 4.78 is 4.44. The van der Waals surface area contributed by atoms with Crippen molar-refractivity contribution in [3.05, 3.63) is 11.8 Å². The highest BCUT2D eigenvalue weighted by molar-refractivity contribution is 6.53. The van der Waals surface area contributed by atoms with Crippen molar-refractivity contribution in [1.82, 2.24) is 5.32 Å². The molecular formula is C8H11Cl2NO3. The number of halogens is 2. The number of rotatable bonds is 4. The van der Waals surface area contributed by atoms with Gasteiger partial charge in [-0.1, -0.05) is 36.2 Å². The van der Waals surface area contributed by atoms with Crippen molar-refractivity contribution in [2.24, 2.45) is 0 Å². The first-order valence-corrected chi connectivity index (χ1v) is 4.77. The summed E-state index contributed by atoms with van der Waals surface area (Å²) in [7, 11) is 1.22. The van der Waals surface area contributed by atoms with E-state index in [0.717, 1.165) is 0 Å². The van der Waals surface area contributed by atoms with Crippen LogP contribution in [0.4, 0.5) is 0 Å². The molecule has 0 aliphatic rings. The minimum atomic E-state index is -1.21. The molecular weight excluding hydrogens is 229 g/mol. The van der Waals surface area contributed by atoms with E-state index in [1.807, 2.05) is 6.92 Å². The second kappa shape index (κ2) is 6.68. The molecule has 0 fully saturated rings. The lowest BCUT2D eigenvalue weighted by Crippen LogP contribution is -2.31. The molecule has 0 spiro atoms. The third-order valence-corrected chi connectivity index (χ3v) is 1.67. The summed E-state index contributed by atoms with van der Waals surface area (Å²) >= 11 is 10.6. The van der Waals surface area contributed by atoms with Crippen LogP contribution in [0.1, 0.15) is 13.3 Å². The summed E-state index contributed by atoms with van der Waals surface area (Å²) in [5.74, 6) is -1.28. The molecule has 4 nitrogen and oxygen atoms in total. The number of hydrogen-bond donors (Lipinski definition) is 1. The normalized spacial score (nSPS) is 11.4. The van der Waals surface area contributed by atoms with E-state index in [1.165, 1.54) is 13.2 Å². The average Bonchev–Trinajstić information content (AvgIpc) is 2.15. The number of ether oxygens (including phenoxy) is 1. The minimum absolute atomic E-state index is 0.0475. The monoisotopic (exact) mass is 239 g/mol. The highest BCUT2D eigenvalue weighted by atomic mass is 35.5. The maximum absolute atomic E-state index is 11.1. The quantitative estimate of drug-likeness (QED) is 0.458. The third-order valence-electron chi connectivity index (χ3n) is 1.27. The zero-order valence-corrected chi connectivity index (χ0v) is 9.35. The van der Waals surface area contributed by atoms with E-state index in [4.69, 9.17) is 23.2 Å². The first kappa shape index (κ1) is 13.3. The Morgan fingerprint density at radius 1 is 1.50 bits per heavy atom. The molecule has 14 heavy (non-hydrogen) atoms. The predicted octanol–water partition coefficient (Wildman–Crippen LogP) is 1.37. The van der Waals surface area contributed by atoms with Crippen molar-refractivity contribution >= 4 is 35.1 Å². The summed E-state index contributed by atoms with van der Waals surface area (Å²) in [5.41, 5.74) is 0.0475. The van der Waals surface area contributed by atoms with Gasteiger partial charge in [0, 0.05) is 0 Å². The Morgan fingerprint density at radius 2 is 2.07 bits per heavy atom. The number of hydrogen-bond acceptors (Lipinski definition) is 3. The zero-order chi connectivity index (χ0) is 11.1. The van der Waals surface area contributed by atoms with Crippen molar-refractivity contribution in [2.75, 3.05) is 7.11 Å². The van der Waals surface area contributed by atoms with Gasteiger partial charge in [-0.05, 0) is 6.42 Å². The Bertz CT molecular complexity index is 251. The second-order valence-corrected chi connectivity index (χ2v) is 3.40. The van der Waals surface area contributed by atoms with Gasteiger partial charge in [-0.2, -0.15) is 0 Å². The van der Waals surface area contributed by atoms with Crippen molar-refractivity contribution in [3.8, 4) is 0 Å². The highest BCUT2D eigenvalue weighted by Gasteiger charge is 2.17. The second-order valence-electron chi connectivity index (χ2n) is 2.31. The van der Waals surface area contributed by atoms with Gasteiger partial charge in [0.1, 0.15) is 5.70 Å². The van der Waals surface area contributed by atoms with Gasteiger partial charge in [0.25, 0.3) is 5.91 Å². The van der Waals surface area contributed by atoms with E-state index in [2.05, 4.69) is 10.1 Å². The SMILES string of the molecule is CCC=C(NC(=O)C(Cl)Cl)C(=O)OC. The molecule has 0 aliphatic heterocycles. The highest BCUT2D eigenvalue weighted by Crippen LogP contribution is 2.03. The summed E-state index contributed by atoms with van der Waals surface area (Å²) in [4.78, 5) is 20.9. The van der Waals surface area contributed by atoms with Crippen LogP contribution in [0.5, 0.6) is 0 Å². The number of amides is 1. The molecule has 0 unspecified atom stereocenters. The first-order chi connectivity index (χ1) is 6.52. The molecule has 0 bridgehead atoms. The van der Waals surface area contributed by atoms with Gasteiger partial charge in [0.2, 0.25) is 0 Å². The number of carbonyl (C=O) groups is 2. The van der Waals surface area contributed by atoms with E-state index in [9.17, 15) is 9.59 Å². The van der Waals surface area contributed by atoms with Crippen LogP contribution in [0.2, 0.25) is 0 Å². The van der Waals surface area contributed by atoms with Gasteiger partial charge in [0.15, 0.2) is 4.84 Å². The first-order valence-electron chi connectivity index (χ1n) is 3.90. The molecule has 0 aromatic carbocycles. The average molecular weight is 240 g/mol. The minimum Gasteiger partial charge on any atom is -0.464 e. The Morgan fingerprint density at radius 3 is 2.43 bits per heavy atom. The number of esters is 1. The Labute approximate surface area is 92.2 Å². The third kappa shape index (κ3) is 4.48. The molecule has 80 valence electrons. The van der Waals surface area contributed by atoms with E-state index in [1.54, 1.807) is 0 Å². The van der Waals surface area contributed by atoms with E-state index in [-0.39, 0.29) is 5.70 Å². The van der Waals surface area contributed by atoms with Crippen LogP contribution in [-0.2, 0) is 14.3 Å². The maximum Gasteiger partial charge on any atom is 0.354 e. The standard InChI is InChI=1S/C8H11Cl2NO3/c1-3-4-5(8(13)14-2)11-7(12)6(9)10/h4,6H,3H2,1-2H3,(H,11,12). The molecule has 6 heteroatoms. The van der Waals surface area contributed by atoms with E-state index >= 15 is 0 Å². The van der Waals surface area contributed by atoms with Gasteiger partial charge in [-0.25, -0.2) is 4.79 Å². The maximum atomic E-state index is 11.1. The van der Waals surface area contributed by atoms with Gasteiger partial charge in [0.05, 0.1) is 7.11 Å². The van der Waals surface area contributed by atoms with Gasteiger partial charge < -0.3 is 10.1 Å². The van der Waals surface area contributed by atoms with Crippen molar-refractivity contribution in [1.29, 1.82) is 0 Å². The van der Waals surface area contributed by atoms with Crippen LogP contribution in [0.25, 0.3) is 0 Å². The number of allylic oxidation sites excluding steroid dienone is 1. The summed E-state index contributed by atoms with van der Waals surface area (Å²) in [6.07, 6.45) is 2.10. The largest absolute Gasteiger partial charge is 0.464 e. The molecule has 1 N–H and O–H groups in total.